The molecule has 4 aliphatic rings. The van der Waals surface area contributed by atoms with E-state index in [1.807, 2.05) is 6.08 Å². The zero-order valence-corrected chi connectivity index (χ0v) is 16.1. The summed E-state index contributed by atoms with van der Waals surface area (Å²) in [4.78, 5) is 24.2. The molecule has 7 heteroatoms. The summed E-state index contributed by atoms with van der Waals surface area (Å²) >= 11 is 0. The number of hydrogen-bond donors (Lipinski definition) is 4. The molecule has 4 N–H and O–H groups in total. The average Bonchev–Trinajstić information content (AvgIpc) is 2.84. The number of halogens is 1. The van der Waals surface area contributed by atoms with Crippen LogP contribution in [0, 0.1) is 22.7 Å². The van der Waals surface area contributed by atoms with Crippen LogP contribution in [0.4, 0.5) is 4.39 Å². The lowest BCUT2D eigenvalue weighted by molar-refractivity contribution is -0.218. The highest BCUT2D eigenvalue weighted by molar-refractivity contribution is 5.93. The van der Waals surface area contributed by atoms with Crippen LogP contribution >= 0.6 is 0 Å². The molecule has 2 unspecified atom stereocenters. The third-order valence-electron chi connectivity index (χ3n) is 8.39. The van der Waals surface area contributed by atoms with E-state index < -0.39 is 58.5 Å². The van der Waals surface area contributed by atoms with E-state index in [0.717, 1.165) is 0 Å². The number of carbonyl (C=O) groups is 2. The fraction of sp³-hybridized carbons (Fsp3) is 0.714. The molecule has 0 spiro atoms. The van der Waals surface area contributed by atoms with Gasteiger partial charge in [-0.2, -0.15) is 0 Å². The molecule has 6 nitrogen and oxygen atoms in total. The largest absolute Gasteiger partial charge is 0.390 e. The zero-order valence-electron chi connectivity index (χ0n) is 16.1. The van der Waals surface area contributed by atoms with Gasteiger partial charge in [-0.25, -0.2) is 4.39 Å². The van der Waals surface area contributed by atoms with Gasteiger partial charge in [-0.15, -0.1) is 0 Å². The fourth-order valence-electron chi connectivity index (χ4n) is 6.76. The molecule has 0 aliphatic heterocycles. The maximum absolute atomic E-state index is 16.8. The molecule has 154 valence electrons. The van der Waals surface area contributed by atoms with Gasteiger partial charge in [0.25, 0.3) is 0 Å². The Balaban J connectivity index is 1.85. The summed E-state index contributed by atoms with van der Waals surface area (Å²) in [5.41, 5.74) is -6.13. The third kappa shape index (κ3) is 2.01. The standard InChI is InChI=1S/C21H27FO6/c1-18-6-5-12(24)7-11(18)3-4-13-14-8-15(25)21(28,17(27)10-23)19(14,2)9-16(26)20(13,18)22/h3,5-6,13-16,23,25-26,28H,4,7-10H2,1-2H3/t13?,14?,15-,16+,18+,19+,20+,21+/m1/s1. The summed E-state index contributed by atoms with van der Waals surface area (Å²) in [6.45, 7) is 2.33. The van der Waals surface area contributed by atoms with Gasteiger partial charge in [0.1, 0.15) is 6.61 Å². The minimum absolute atomic E-state index is 0.00367. The summed E-state index contributed by atoms with van der Waals surface area (Å²) in [6, 6.07) is 0. The number of ketones is 2. The molecule has 2 fully saturated rings. The van der Waals surface area contributed by atoms with Crippen molar-refractivity contribution < 1.29 is 34.4 Å². The van der Waals surface area contributed by atoms with Crippen LogP contribution in [0.25, 0.3) is 0 Å². The molecule has 0 aromatic heterocycles. The monoisotopic (exact) mass is 394 g/mol. The van der Waals surface area contributed by atoms with E-state index in [-0.39, 0.29) is 31.5 Å². The Morgan fingerprint density at radius 1 is 1.25 bits per heavy atom. The van der Waals surface area contributed by atoms with Crippen molar-refractivity contribution in [1.82, 2.24) is 0 Å². The molecule has 0 saturated heterocycles. The summed E-state index contributed by atoms with van der Waals surface area (Å²) in [7, 11) is 0. The maximum atomic E-state index is 16.8. The number of alkyl halides is 1. The van der Waals surface area contributed by atoms with Gasteiger partial charge in [-0.05, 0) is 38.2 Å². The lowest BCUT2D eigenvalue weighted by Crippen LogP contribution is -2.69. The molecule has 28 heavy (non-hydrogen) atoms. The van der Waals surface area contributed by atoms with E-state index in [2.05, 4.69) is 0 Å². The Bertz CT molecular complexity index is 807. The molecular formula is C21H27FO6. The van der Waals surface area contributed by atoms with Crippen molar-refractivity contribution in [3.05, 3.63) is 23.8 Å². The molecule has 0 heterocycles. The Labute approximate surface area is 162 Å². The Kier molecular flexibility index (Phi) is 4.13. The summed E-state index contributed by atoms with van der Waals surface area (Å²) < 4.78 is 16.8. The lowest BCUT2D eigenvalue weighted by Gasteiger charge is -2.61. The number of Topliss-reactive ketones (excluding diaryl/α,β-unsaturated/α-hetero) is 1. The highest BCUT2D eigenvalue weighted by Gasteiger charge is 2.75. The van der Waals surface area contributed by atoms with Gasteiger partial charge in [-0.3, -0.25) is 9.59 Å². The highest BCUT2D eigenvalue weighted by Crippen LogP contribution is 2.69. The van der Waals surface area contributed by atoms with Crippen LogP contribution < -0.4 is 0 Å². The first kappa shape index (κ1) is 19.9. The van der Waals surface area contributed by atoms with Crippen molar-refractivity contribution in [1.29, 1.82) is 0 Å². The normalized spacial score (nSPS) is 52.5. The molecule has 0 bridgehead atoms. The van der Waals surface area contributed by atoms with Gasteiger partial charge in [0.15, 0.2) is 22.8 Å². The van der Waals surface area contributed by atoms with Crippen LogP contribution in [-0.4, -0.2) is 62.1 Å². The van der Waals surface area contributed by atoms with Gasteiger partial charge in [0.2, 0.25) is 0 Å². The van der Waals surface area contributed by atoms with Crippen LogP contribution in [0.1, 0.15) is 39.5 Å². The summed E-state index contributed by atoms with van der Waals surface area (Å²) in [6.07, 6.45) is 1.90. The van der Waals surface area contributed by atoms with E-state index >= 15 is 4.39 Å². The van der Waals surface area contributed by atoms with E-state index in [9.17, 15) is 30.0 Å². The van der Waals surface area contributed by atoms with E-state index in [0.29, 0.717) is 5.57 Å². The molecule has 0 aromatic rings. The van der Waals surface area contributed by atoms with Gasteiger partial charge < -0.3 is 20.4 Å². The van der Waals surface area contributed by atoms with Gasteiger partial charge >= 0.3 is 0 Å². The van der Waals surface area contributed by atoms with Crippen molar-refractivity contribution >= 4 is 11.6 Å². The number of rotatable bonds is 2. The first-order chi connectivity index (χ1) is 13.0. The SMILES string of the molecule is C[C@]12C=CC(=O)CC1=CCC1C3C[C@@H](O)[C@](O)(C(=O)CO)[C@@]3(C)C[C@H](O)[C@@]12F. The quantitative estimate of drug-likeness (QED) is 0.511. The van der Waals surface area contributed by atoms with Gasteiger partial charge in [0, 0.05) is 23.2 Å². The Morgan fingerprint density at radius 3 is 2.57 bits per heavy atom. The van der Waals surface area contributed by atoms with Gasteiger partial charge in [0.05, 0.1) is 12.2 Å². The first-order valence-electron chi connectivity index (χ1n) is 9.80. The van der Waals surface area contributed by atoms with E-state index in [4.69, 9.17) is 0 Å². The second-order valence-corrected chi connectivity index (χ2v) is 9.36. The number of carbonyl (C=O) groups excluding carboxylic acids is 2. The van der Waals surface area contributed by atoms with Crippen LogP contribution in [0.2, 0.25) is 0 Å². The topological polar surface area (TPSA) is 115 Å². The molecule has 4 aliphatic carbocycles. The molecule has 8 atom stereocenters. The van der Waals surface area contributed by atoms with Crippen molar-refractivity contribution in [3.63, 3.8) is 0 Å². The number of aliphatic hydroxyl groups is 4. The molecule has 0 radical (unpaired) electrons. The third-order valence-corrected chi connectivity index (χ3v) is 8.39. The lowest BCUT2D eigenvalue weighted by atomic mass is 9.45. The second kappa shape index (κ2) is 5.81. The summed E-state index contributed by atoms with van der Waals surface area (Å²) in [5, 5.41) is 42.1. The fourth-order valence-corrected chi connectivity index (χ4v) is 6.76. The van der Waals surface area contributed by atoms with Crippen LogP contribution in [0.15, 0.2) is 23.8 Å². The van der Waals surface area contributed by atoms with Crippen molar-refractivity contribution in [3.8, 4) is 0 Å². The molecule has 4 rings (SSSR count). The maximum Gasteiger partial charge on any atom is 0.192 e. The second-order valence-electron chi connectivity index (χ2n) is 9.36. The van der Waals surface area contributed by atoms with Gasteiger partial charge in [-0.1, -0.05) is 24.6 Å². The number of allylic oxidation sites excluding steroid dienone is 4. The number of aliphatic hydroxyl groups excluding tert-OH is 3. The highest BCUT2D eigenvalue weighted by atomic mass is 19.1. The minimum atomic E-state index is -2.24. The van der Waals surface area contributed by atoms with E-state index in [1.165, 1.54) is 12.2 Å². The zero-order chi connectivity index (χ0) is 20.7. The van der Waals surface area contributed by atoms with Crippen molar-refractivity contribution in [2.45, 2.75) is 63.0 Å². The number of hydrogen-bond acceptors (Lipinski definition) is 6. The van der Waals surface area contributed by atoms with Crippen LogP contribution in [0.3, 0.4) is 0 Å². The molecular weight excluding hydrogens is 367 g/mol. The average molecular weight is 394 g/mol. The Morgan fingerprint density at radius 2 is 1.93 bits per heavy atom. The van der Waals surface area contributed by atoms with Crippen molar-refractivity contribution in [2.24, 2.45) is 22.7 Å². The van der Waals surface area contributed by atoms with E-state index in [1.54, 1.807) is 13.8 Å². The molecule has 0 amide bonds. The number of fused-ring (bicyclic) bond motifs is 5. The predicted octanol–water partition coefficient (Wildman–Crippen LogP) is 0.620. The predicted molar refractivity (Wildman–Crippen MR) is 96.8 cm³/mol. The first-order valence-corrected chi connectivity index (χ1v) is 9.80. The minimum Gasteiger partial charge on any atom is -0.390 e. The summed E-state index contributed by atoms with van der Waals surface area (Å²) in [5.74, 6) is -2.34. The molecule has 0 aromatic carbocycles. The molecule has 2 saturated carbocycles. The van der Waals surface area contributed by atoms with Crippen LogP contribution in [0.5, 0.6) is 0 Å². The van der Waals surface area contributed by atoms with Crippen molar-refractivity contribution in [2.75, 3.05) is 6.61 Å². The Hall–Kier alpha value is -1.41. The van der Waals surface area contributed by atoms with Crippen LogP contribution in [-0.2, 0) is 9.59 Å². The smallest absolute Gasteiger partial charge is 0.192 e.